The van der Waals surface area contributed by atoms with Crippen LogP contribution >= 0.6 is 0 Å². The highest BCUT2D eigenvalue weighted by Gasteiger charge is 2.52. The van der Waals surface area contributed by atoms with Gasteiger partial charge in [-0.2, -0.15) is 0 Å². The van der Waals surface area contributed by atoms with Crippen LogP contribution in [0.3, 0.4) is 0 Å². The summed E-state index contributed by atoms with van der Waals surface area (Å²) in [5, 5.41) is 0. The monoisotopic (exact) mass is 317 g/mol. The van der Waals surface area contributed by atoms with Crippen LogP contribution in [0.15, 0.2) is 24.3 Å². The van der Waals surface area contributed by atoms with E-state index < -0.39 is 0 Å². The SMILES string of the molecule is COc1ccccc1CN1CC2(C1)OCCC2COCC1CC1. The minimum Gasteiger partial charge on any atom is -0.496 e. The molecule has 0 aromatic heterocycles. The van der Waals surface area contributed by atoms with Crippen LogP contribution in [0.25, 0.3) is 0 Å². The molecule has 23 heavy (non-hydrogen) atoms. The van der Waals surface area contributed by atoms with Gasteiger partial charge in [-0.15, -0.1) is 0 Å². The zero-order chi connectivity index (χ0) is 15.7. The molecule has 0 radical (unpaired) electrons. The quantitative estimate of drug-likeness (QED) is 0.774. The lowest BCUT2D eigenvalue weighted by Crippen LogP contribution is -2.64. The van der Waals surface area contributed by atoms with Gasteiger partial charge < -0.3 is 14.2 Å². The number of nitrogens with zero attached hydrogens (tertiary/aromatic N) is 1. The van der Waals surface area contributed by atoms with Crippen molar-refractivity contribution in [2.45, 2.75) is 31.4 Å². The molecule has 4 rings (SSSR count). The standard InChI is InChI=1S/C19H27NO3/c1-21-18-5-3-2-4-16(18)10-20-13-19(14-20)17(8-9-23-19)12-22-11-15-6-7-15/h2-5,15,17H,6-14H2,1H3. The minimum atomic E-state index is 0.0472. The molecule has 1 spiro atoms. The zero-order valence-electron chi connectivity index (χ0n) is 14.0. The molecule has 4 heteroatoms. The number of hydrogen-bond acceptors (Lipinski definition) is 4. The summed E-state index contributed by atoms with van der Waals surface area (Å²) < 4.78 is 17.5. The number of benzene rings is 1. The molecule has 0 amide bonds. The van der Waals surface area contributed by atoms with Crippen molar-refractivity contribution in [1.82, 2.24) is 4.90 Å². The lowest BCUT2D eigenvalue weighted by molar-refractivity contribution is -0.146. The van der Waals surface area contributed by atoms with Crippen molar-refractivity contribution in [3.63, 3.8) is 0 Å². The van der Waals surface area contributed by atoms with Crippen LogP contribution in [0.2, 0.25) is 0 Å². The Morgan fingerprint density at radius 1 is 1.17 bits per heavy atom. The molecule has 1 aromatic rings. The van der Waals surface area contributed by atoms with E-state index in [1.807, 2.05) is 12.1 Å². The molecule has 2 aliphatic heterocycles. The summed E-state index contributed by atoms with van der Waals surface area (Å²) >= 11 is 0. The Labute approximate surface area is 138 Å². The summed E-state index contributed by atoms with van der Waals surface area (Å²) in [5.74, 6) is 2.39. The molecule has 1 saturated carbocycles. The molecule has 4 nitrogen and oxygen atoms in total. The second-order valence-electron chi connectivity index (χ2n) is 7.34. The molecule has 0 N–H and O–H groups in total. The number of methoxy groups -OCH3 is 1. The van der Waals surface area contributed by atoms with Gasteiger partial charge in [0.15, 0.2) is 0 Å². The third kappa shape index (κ3) is 3.25. The Balaban J connectivity index is 1.30. The number of rotatable bonds is 7. The van der Waals surface area contributed by atoms with Gasteiger partial charge in [0.25, 0.3) is 0 Å². The Morgan fingerprint density at radius 3 is 2.78 bits per heavy atom. The van der Waals surface area contributed by atoms with E-state index in [0.29, 0.717) is 5.92 Å². The molecule has 0 bridgehead atoms. The number of ether oxygens (including phenoxy) is 3. The summed E-state index contributed by atoms with van der Waals surface area (Å²) in [6.45, 7) is 5.69. The highest BCUT2D eigenvalue weighted by molar-refractivity contribution is 5.33. The zero-order valence-corrected chi connectivity index (χ0v) is 14.0. The summed E-state index contributed by atoms with van der Waals surface area (Å²) in [6, 6.07) is 8.28. The maximum absolute atomic E-state index is 6.13. The van der Waals surface area contributed by atoms with E-state index in [1.165, 1.54) is 18.4 Å². The minimum absolute atomic E-state index is 0.0472. The molecule has 3 aliphatic rings. The van der Waals surface area contributed by atoms with Crippen LogP contribution in [0.5, 0.6) is 5.75 Å². The number of para-hydroxylation sites is 1. The molecule has 1 atom stereocenters. The Morgan fingerprint density at radius 2 is 2.00 bits per heavy atom. The van der Waals surface area contributed by atoms with Crippen LogP contribution in [0.4, 0.5) is 0 Å². The van der Waals surface area contributed by atoms with Crippen molar-refractivity contribution in [2.75, 3.05) is 40.0 Å². The third-order valence-corrected chi connectivity index (χ3v) is 5.54. The van der Waals surface area contributed by atoms with Gasteiger partial charge in [0, 0.05) is 44.3 Å². The van der Waals surface area contributed by atoms with Crippen LogP contribution in [0.1, 0.15) is 24.8 Å². The number of hydrogen-bond donors (Lipinski definition) is 0. The molecule has 1 unspecified atom stereocenters. The lowest BCUT2D eigenvalue weighted by atomic mass is 9.81. The Hall–Kier alpha value is -1.10. The molecule has 1 aromatic carbocycles. The predicted molar refractivity (Wildman–Crippen MR) is 88.6 cm³/mol. The van der Waals surface area contributed by atoms with Gasteiger partial charge in [-0.25, -0.2) is 0 Å². The summed E-state index contributed by atoms with van der Waals surface area (Å²) in [6.07, 6.45) is 3.87. The fourth-order valence-corrected chi connectivity index (χ4v) is 3.93. The normalized spacial score (nSPS) is 26.4. The second-order valence-corrected chi connectivity index (χ2v) is 7.34. The van der Waals surface area contributed by atoms with Crippen molar-refractivity contribution in [3.8, 4) is 5.75 Å². The molecular formula is C19H27NO3. The van der Waals surface area contributed by atoms with E-state index in [-0.39, 0.29) is 5.60 Å². The highest BCUT2D eigenvalue weighted by atomic mass is 16.5. The first kappa shape index (κ1) is 15.4. The van der Waals surface area contributed by atoms with Crippen LogP contribution < -0.4 is 4.74 Å². The Bertz CT molecular complexity index is 537. The molecule has 1 aliphatic carbocycles. The molecule has 126 valence electrons. The Kier molecular flexibility index (Phi) is 4.31. The highest BCUT2D eigenvalue weighted by Crippen LogP contribution is 2.41. The van der Waals surface area contributed by atoms with Crippen molar-refractivity contribution < 1.29 is 14.2 Å². The maximum atomic E-state index is 6.13. The van der Waals surface area contributed by atoms with E-state index in [9.17, 15) is 0 Å². The lowest BCUT2D eigenvalue weighted by Gasteiger charge is -2.50. The van der Waals surface area contributed by atoms with E-state index in [1.54, 1.807) is 7.11 Å². The van der Waals surface area contributed by atoms with E-state index in [4.69, 9.17) is 14.2 Å². The smallest absolute Gasteiger partial charge is 0.123 e. The van der Waals surface area contributed by atoms with Gasteiger partial charge in [-0.3, -0.25) is 4.90 Å². The fourth-order valence-electron chi connectivity index (χ4n) is 3.93. The van der Waals surface area contributed by atoms with Crippen LogP contribution in [0, 0.1) is 11.8 Å². The van der Waals surface area contributed by atoms with E-state index in [2.05, 4.69) is 17.0 Å². The third-order valence-electron chi connectivity index (χ3n) is 5.54. The van der Waals surface area contributed by atoms with Crippen molar-refractivity contribution >= 4 is 0 Å². The van der Waals surface area contributed by atoms with Gasteiger partial charge in [0.1, 0.15) is 5.75 Å². The van der Waals surface area contributed by atoms with Crippen molar-refractivity contribution in [3.05, 3.63) is 29.8 Å². The van der Waals surface area contributed by atoms with Crippen LogP contribution in [-0.2, 0) is 16.0 Å². The first-order chi connectivity index (χ1) is 11.3. The summed E-state index contributed by atoms with van der Waals surface area (Å²) in [7, 11) is 1.74. The predicted octanol–water partition coefficient (Wildman–Crippen LogP) is 2.71. The van der Waals surface area contributed by atoms with Gasteiger partial charge in [0.05, 0.1) is 19.3 Å². The van der Waals surface area contributed by atoms with E-state index in [0.717, 1.165) is 57.5 Å². The fraction of sp³-hybridized carbons (Fsp3) is 0.684. The molecule has 2 saturated heterocycles. The first-order valence-electron chi connectivity index (χ1n) is 8.85. The van der Waals surface area contributed by atoms with Crippen LogP contribution in [-0.4, -0.2) is 50.5 Å². The second kappa shape index (κ2) is 6.42. The topological polar surface area (TPSA) is 30.9 Å². The van der Waals surface area contributed by atoms with Crippen molar-refractivity contribution in [2.24, 2.45) is 11.8 Å². The first-order valence-corrected chi connectivity index (χ1v) is 8.85. The maximum Gasteiger partial charge on any atom is 0.123 e. The molecular weight excluding hydrogens is 290 g/mol. The average molecular weight is 317 g/mol. The average Bonchev–Trinajstić information content (AvgIpc) is 3.26. The van der Waals surface area contributed by atoms with Gasteiger partial charge in [-0.1, -0.05) is 18.2 Å². The summed E-state index contributed by atoms with van der Waals surface area (Å²) in [5.41, 5.74) is 1.30. The summed E-state index contributed by atoms with van der Waals surface area (Å²) in [4.78, 5) is 2.46. The number of likely N-dealkylation sites (tertiary alicyclic amines) is 1. The van der Waals surface area contributed by atoms with Crippen molar-refractivity contribution in [1.29, 1.82) is 0 Å². The van der Waals surface area contributed by atoms with E-state index >= 15 is 0 Å². The largest absolute Gasteiger partial charge is 0.496 e. The van der Waals surface area contributed by atoms with Gasteiger partial charge in [-0.05, 0) is 31.2 Å². The molecule has 3 fully saturated rings. The molecule has 2 heterocycles. The van der Waals surface area contributed by atoms with Gasteiger partial charge in [0.2, 0.25) is 0 Å². The van der Waals surface area contributed by atoms with Gasteiger partial charge >= 0.3 is 0 Å².